The third kappa shape index (κ3) is 3.14. The molecule has 0 bridgehead atoms. The number of nitrogens with zero attached hydrogens (tertiary/aromatic N) is 2. The first kappa shape index (κ1) is 13.6. The zero-order chi connectivity index (χ0) is 13.8. The van der Waals surface area contributed by atoms with E-state index < -0.39 is 5.97 Å². The largest absolute Gasteiger partial charge is 0.490 e. The molecule has 19 heavy (non-hydrogen) atoms. The Morgan fingerprint density at radius 1 is 1.58 bits per heavy atom. The van der Waals surface area contributed by atoms with Crippen LogP contribution in [0.3, 0.4) is 0 Å². The van der Waals surface area contributed by atoms with Gasteiger partial charge in [-0.2, -0.15) is 0 Å². The topological polar surface area (TPSA) is 64.4 Å². The predicted octanol–water partition coefficient (Wildman–Crippen LogP) is 2.59. The number of imidazole rings is 1. The number of aromatic nitrogens is 2. The number of hydrogen-bond donors (Lipinski definition) is 1. The summed E-state index contributed by atoms with van der Waals surface area (Å²) in [6, 6.07) is 1.81. The predicted molar refractivity (Wildman–Crippen MR) is 73.1 cm³/mol. The molecule has 2 aromatic rings. The highest BCUT2D eigenvalue weighted by Gasteiger charge is 2.16. The maximum atomic E-state index is 11.1. The van der Waals surface area contributed by atoms with Crippen molar-refractivity contribution in [1.82, 2.24) is 9.55 Å². The van der Waals surface area contributed by atoms with Gasteiger partial charge in [0.1, 0.15) is 18.2 Å². The van der Waals surface area contributed by atoms with E-state index in [0.29, 0.717) is 18.9 Å². The lowest BCUT2D eigenvalue weighted by molar-refractivity contribution is 0.0698. The molecule has 0 saturated heterocycles. The molecule has 6 heteroatoms. The van der Waals surface area contributed by atoms with Gasteiger partial charge in [0.05, 0.1) is 6.54 Å². The summed E-state index contributed by atoms with van der Waals surface area (Å²) in [4.78, 5) is 16.5. The van der Waals surface area contributed by atoms with Crippen molar-refractivity contribution in [2.45, 2.75) is 26.8 Å². The van der Waals surface area contributed by atoms with Gasteiger partial charge in [0.15, 0.2) is 4.88 Å². The van der Waals surface area contributed by atoms with Crippen LogP contribution in [0.15, 0.2) is 18.5 Å². The fourth-order valence-electron chi connectivity index (χ4n) is 1.75. The van der Waals surface area contributed by atoms with Crippen molar-refractivity contribution >= 4 is 17.3 Å². The molecule has 0 fully saturated rings. The van der Waals surface area contributed by atoms with Gasteiger partial charge >= 0.3 is 5.97 Å². The Hall–Kier alpha value is -1.82. The maximum Gasteiger partial charge on any atom is 0.349 e. The third-order valence-electron chi connectivity index (χ3n) is 2.81. The molecule has 0 amide bonds. The van der Waals surface area contributed by atoms with Crippen molar-refractivity contribution in [3.05, 3.63) is 34.0 Å². The number of rotatable bonds is 6. The molecule has 0 unspecified atom stereocenters. The molecule has 1 N–H and O–H groups in total. The summed E-state index contributed by atoms with van der Waals surface area (Å²) in [5.74, 6) is 0.451. The minimum Gasteiger partial charge on any atom is -0.490 e. The van der Waals surface area contributed by atoms with Crippen molar-refractivity contribution in [2.75, 3.05) is 6.61 Å². The van der Waals surface area contributed by atoms with Crippen molar-refractivity contribution in [3.8, 4) is 5.75 Å². The van der Waals surface area contributed by atoms with E-state index in [1.54, 1.807) is 6.20 Å². The van der Waals surface area contributed by atoms with E-state index in [4.69, 9.17) is 9.84 Å². The van der Waals surface area contributed by atoms with E-state index in [2.05, 4.69) is 4.98 Å². The molecule has 0 aliphatic carbocycles. The highest BCUT2D eigenvalue weighted by molar-refractivity contribution is 7.14. The summed E-state index contributed by atoms with van der Waals surface area (Å²) >= 11 is 1.27. The van der Waals surface area contributed by atoms with E-state index in [0.717, 1.165) is 17.1 Å². The highest BCUT2D eigenvalue weighted by atomic mass is 32.1. The summed E-state index contributed by atoms with van der Waals surface area (Å²) in [5.41, 5.74) is 0. The van der Waals surface area contributed by atoms with Crippen LogP contribution in [-0.2, 0) is 13.0 Å². The lowest BCUT2D eigenvalue weighted by atomic mass is 10.3. The van der Waals surface area contributed by atoms with Crippen molar-refractivity contribution in [2.24, 2.45) is 0 Å². The minimum absolute atomic E-state index is 0.277. The lowest BCUT2D eigenvalue weighted by Gasteiger charge is -2.07. The van der Waals surface area contributed by atoms with E-state index in [9.17, 15) is 4.79 Å². The average Bonchev–Trinajstić information content (AvgIpc) is 2.96. The van der Waals surface area contributed by atoms with Gasteiger partial charge in [0, 0.05) is 17.3 Å². The first-order valence-electron chi connectivity index (χ1n) is 6.08. The van der Waals surface area contributed by atoms with Crippen LogP contribution in [0, 0.1) is 6.92 Å². The Morgan fingerprint density at radius 2 is 2.37 bits per heavy atom. The van der Waals surface area contributed by atoms with Crippen LogP contribution in [0.25, 0.3) is 0 Å². The second kappa shape index (κ2) is 5.88. The highest BCUT2D eigenvalue weighted by Crippen LogP contribution is 2.29. The van der Waals surface area contributed by atoms with Crippen LogP contribution >= 0.6 is 11.3 Å². The first-order chi connectivity index (χ1) is 9.11. The second-order valence-corrected chi connectivity index (χ2v) is 5.22. The summed E-state index contributed by atoms with van der Waals surface area (Å²) < 4.78 is 7.56. The van der Waals surface area contributed by atoms with Crippen LogP contribution < -0.4 is 4.74 Å². The molecular weight excluding hydrogens is 264 g/mol. The van der Waals surface area contributed by atoms with Crippen LogP contribution in [0.5, 0.6) is 5.75 Å². The molecule has 102 valence electrons. The standard InChI is InChI=1S/C13H16N2O3S/c1-3-10-8-11(12(19-10)13(16)17)18-7-6-15-5-4-14-9(15)2/h4-5,8H,3,6-7H2,1-2H3,(H,16,17). The summed E-state index contributed by atoms with van der Waals surface area (Å²) in [6.45, 7) is 5.00. The fraction of sp³-hybridized carbons (Fsp3) is 0.385. The minimum atomic E-state index is -0.932. The number of hydrogen-bond acceptors (Lipinski definition) is 4. The molecule has 0 aliphatic rings. The third-order valence-corrected chi connectivity index (χ3v) is 4.05. The fourth-order valence-corrected chi connectivity index (χ4v) is 2.63. The molecule has 0 saturated carbocycles. The SMILES string of the molecule is CCc1cc(OCCn2ccnc2C)c(C(=O)O)s1. The van der Waals surface area contributed by atoms with Crippen LogP contribution in [0.1, 0.15) is 27.3 Å². The zero-order valence-corrected chi connectivity index (χ0v) is 11.7. The van der Waals surface area contributed by atoms with Gasteiger partial charge < -0.3 is 14.4 Å². The van der Waals surface area contributed by atoms with Crippen LogP contribution in [-0.4, -0.2) is 27.2 Å². The van der Waals surface area contributed by atoms with Crippen molar-refractivity contribution in [3.63, 3.8) is 0 Å². The van der Waals surface area contributed by atoms with E-state index in [1.165, 1.54) is 11.3 Å². The Bertz CT molecular complexity index is 574. The normalized spacial score (nSPS) is 10.6. The molecule has 0 aliphatic heterocycles. The Labute approximate surface area is 115 Å². The van der Waals surface area contributed by atoms with Gasteiger partial charge in [-0.15, -0.1) is 11.3 Å². The Balaban J connectivity index is 2.01. The van der Waals surface area contributed by atoms with E-state index >= 15 is 0 Å². The number of aryl methyl sites for hydroxylation is 2. The molecule has 2 aromatic heterocycles. The van der Waals surface area contributed by atoms with Gasteiger partial charge in [0.2, 0.25) is 0 Å². The smallest absolute Gasteiger partial charge is 0.349 e. The summed E-state index contributed by atoms with van der Waals surface area (Å²) in [5, 5.41) is 9.12. The van der Waals surface area contributed by atoms with Gasteiger partial charge in [0.25, 0.3) is 0 Å². The number of carboxylic acid groups (broad SMARTS) is 1. The van der Waals surface area contributed by atoms with E-state index in [-0.39, 0.29) is 4.88 Å². The van der Waals surface area contributed by atoms with Crippen molar-refractivity contribution in [1.29, 1.82) is 0 Å². The molecule has 2 rings (SSSR count). The Morgan fingerprint density at radius 3 is 2.95 bits per heavy atom. The molecule has 0 radical (unpaired) electrons. The van der Waals surface area contributed by atoms with Gasteiger partial charge in [-0.25, -0.2) is 9.78 Å². The first-order valence-corrected chi connectivity index (χ1v) is 6.90. The second-order valence-electron chi connectivity index (χ2n) is 4.08. The molecular formula is C13H16N2O3S. The maximum absolute atomic E-state index is 11.1. The van der Waals surface area contributed by atoms with Gasteiger partial charge in [-0.1, -0.05) is 6.92 Å². The number of aromatic carboxylic acids is 1. The molecule has 5 nitrogen and oxygen atoms in total. The quantitative estimate of drug-likeness (QED) is 0.883. The summed E-state index contributed by atoms with van der Waals surface area (Å²) in [7, 11) is 0. The number of thiophene rings is 1. The molecule has 0 aromatic carbocycles. The average molecular weight is 280 g/mol. The number of carboxylic acids is 1. The monoisotopic (exact) mass is 280 g/mol. The van der Waals surface area contributed by atoms with Gasteiger partial charge in [-0.05, 0) is 19.4 Å². The molecule has 0 spiro atoms. The van der Waals surface area contributed by atoms with E-state index in [1.807, 2.05) is 30.7 Å². The number of carbonyl (C=O) groups is 1. The van der Waals surface area contributed by atoms with Gasteiger partial charge in [-0.3, -0.25) is 0 Å². The van der Waals surface area contributed by atoms with Crippen LogP contribution in [0.2, 0.25) is 0 Å². The Kier molecular flexibility index (Phi) is 4.21. The number of ether oxygens (including phenoxy) is 1. The molecule has 2 heterocycles. The lowest BCUT2D eigenvalue weighted by Crippen LogP contribution is -2.09. The summed E-state index contributed by atoms with van der Waals surface area (Å²) in [6.07, 6.45) is 4.43. The van der Waals surface area contributed by atoms with Crippen LogP contribution in [0.4, 0.5) is 0 Å². The van der Waals surface area contributed by atoms with Crippen molar-refractivity contribution < 1.29 is 14.6 Å². The molecule has 0 atom stereocenters. The zero-order valence-electron chi connectivity index (χ0n) is 10.9.